The van der Waals surface area contributed by atoms with Gasteiger partial charge in [-0.15, -0.1) is 0 Å². The lowest BCUT2D eigenvalue weighted by atomic mass is 10.3. The van der Waals surface area contributed by atoms with E-state index in [1.54, 1.807) is 0 Å². The van der Waals surface area contributed by atoms with Crippen LogP contribution in [0.3, 0.4) is 0 Å². The number of hydrogen-bond donors (Lipinski definition) is 1. The van der Waals surface area contributed by atoms with Gasteiger partial charge < -0.3 is 5.73 Å². The van der Waals surface area contributed by atoms with Crippen molar-refractivity contribution < 1.29 is 0 Å². The van der Waals surface area contributed by atoms with Gasteiger partial charge in [0.05, 0.1) is 5.69 Å². The number of halogens is 1. The van der Waals surface area contributed by atoms with Gasteiger partial charge in [0.1, 0.15) is 10.8 Å². The minimum Gasteiger partial charge on any atom is -0.323 e. The van der Waals surface area contributed by atoms with Crippen molar-refractivity contribution in [1.29, 1.82) is 0 Å². The standard InChI is InChI=1S/C10H12ClN3/c1-6-4-3-5-8-13-9(7(2)12)10(11)14(6)8/h3-5,7H,12H2,1-2H3. The highest BCUT2D eigenvalue weighted by atomic mass is 35.5. The molecule has 1 unspecified atom stereocenters. The highest BCUT2D eigenvalue weighted by Crippen LogP contribution is 2.23. The highest BCUT2D eigenvalue weighted by Gasteiger charge is 2.13. The van der Waals surface area contributed by atoms with Crippen LogP contribution in [0.5, 0.6) is 0 Å². The normalized spacial score (nSPS) is 13.4. The van der Waals surface area contributed by atoms with Gasteiger partial charge in [-0.2, -0.15) is 0 Å². The lowest BCUT2D eigenvalue weighted by Gasteiger charge is -2.01. The smallest absolute Gasteiger partial charge is 0.138 e. The van der Waals surface area contributed by atoms with Crippen LogP contribution in [0, 0.1) is 6.92 Å². The average Bonchev–Trinajstić information content (AvgIpc) is 2.45. The summed E-state index contributed by atoms with van der Waals surface area (Å²) in [5.41, 5.74) is 8.43. The molecule has 0 aliphatic carbocycles. The molecule has 2 N–H and O–H groups in total. The van der Waals surface area contributed by atoms with Gasteiger partial charge in [-0.25, -0.2) is 4.98 Å². The van der Waals surface area contributed by atoms with Crippen LogP contribution < -0.4 is 5.73 Å². The van der Waals surface area contributed by atoms with Crippen molar-refractivity contribution in [2.24, 2.45) is 5.73 Å². The Labute approximate surface area is 87.5 Å². The number of pyridine rings is 1. The van der Waals surface area contributed by atoms with Gasteiger partial charge in [0.2, 0.25) is 0 Å². The number of aromatic nitrogens is 2. The molecule has 2 aromatic heterocycles. The highest BCUT2D eigenvalue weighted by molar-refractivity contribution is 6.30. The summed E-state index contributed by atoms with van der Waals surface area (Å²) >= 11 is 6.18. The minimum absolute atomic E-state index is 0.137. The summed E-state index contributed by atoms with van der Waals surface area (Å²) < 4.78 is 1.90. The summed E-state index contributed by atoms with van der Waals surface area (Å²) in [6, 6.07) is 5.73. The van der Waals surface area contributed by atoms with Crippen molar-refractivity contribution in [3.8, 4) is 0 Å². The van der Waals surface area contributed by atoms with Crippen molar-refractivity contribution in [2.75, 3.05) is 0 Å². The van der Waals surface area contributed by atoms with E-state index in [2.05, 4.69) is 4.98 Å². The zero-order valence-corrected chi connectivity index (χ0v) is 8.92. The van der Waals surface area contributed by atoms with E-state index in [1.807, 2.05) is 36.4 Å². The van der Waals surface area contributed by atoms with Crippen LogP contribution in [0.1, 0.15) is 24.4 Å². The zero-order valence-electron chi connectivity index (χ0n) is 8.16. The third-order valence-corrected chi connectivity index (χ3v) is 2.60. The maximum Gasteiger partial charge on any atom is 0.138 e. The van der Waals surface area contributed by atoms with E-state index in [1.165, 1.54) is 0 Å². The fourth-order valence-corrected chi connectivity index (χ4v) is 1.95. The van der Waals surface area contributed by atoms with Gasteiger partial charge in [0.25, 0.3) is 0 Å². The van der Waals surface area contributed by atoms with Gasteiger partial charge in [-0.05, 0) is 26.0 Å². The first kappa shape index (κ1) is 9.49. The number of hydrogen-bond acceptors (Lipinski definition) is 2. The Kier molecular flexibility index (Phi) is 2.21. The van der Waals surface area contributed by atoms with Crippen LogP contribution in [0.2, 0.25) is 5.15 Å². The predicted octanol–water partition coefficient (Wildman–Crippen LogP) is 2.32. The van der Waals surface area contributed by atoms with Crippen LogP contribution in [0.15, 0.2) is 18.2 Å². The molecule has 0 aliphatic rings. The van der Waals surface area contributed by atoms with Gasteiger partial charge >= 0.3 is 0 Å². The third kappa shape index (κ3) is 1.29. The van der Waals surface area contributed by atoms with Crippen molar-refractivity contribution in [2.45, 2.75) is 19.9 Å². The van der Waals surface area contributed by atoms with Crippen LogP contribution in [-0.2, 0) is 0 Å². The Morgan fingerprint density at radius 1 is 1.50 bits per heavy atom. The Morgan fingerprint density at radius 2 is 2.21 bits per heavy atom. The van der Waals surface area contributed by atoms with Crippen LogP contribution >= 0.6 is 11.6 Å². The van der Waals surface area contributed by atoms with E-state index in [-0.39, 0.29) is 6.04 Å². The SMILES string of the molecule is Cc1cccc2nc(C(C)N)c(Cl)n12. The molecule has 14 heavy (non-hydrogen) atoms. The van der Waals surface area contributed by atoms with E-state index in [4.69, 9.17) is 17.3 Å². The number of aryl methyl sites for hydroxylation is 1. The van der Waals surface area contributed by atoms with Crippen LogP contribution in [-0.4, -0.2) is 9.38 Å². The zero-order chi connectivity index (χ0) is 10.3. The van der Waals surface area contributed by atoms with E-state index < -0.39 is 0 Å². The molecule has 2 rings (SSSR count). The predicted molar refractivity (Wildman–Crippen MR) is 57.5 cm³/mol. The van der Waals surface area contributed by atoms with Gasteiger partial charge in [0.15, 0.2) is 0 Å². The summed E-state index contributed by atoms with van der Waals surface area (Å²) in [7, 11) is 0. The quantitative estimate of drug-likeness (QED) is 0.784. The second kappa shape index (κ2) is 3.26. The molecule has 4 heteroatoms. The van der Waals surface area contributed by atoms with Gasteiger partial charge in [0, 0.05) is 11.7 Å². The van der Waals surface area contributed by atoms with Crippen molar-refractivity contribution >= 4 is 17.2 Å². The molecule has 0 fully saturated rings. The van der Waals surface area contributed by atoms with E-state index >= 15 is 0 Å². The van der Waals surface area contributed by atoms with Crippen molar-refractivity contribution in [3.05, 3.63) is 34.7 Å². The monoisotopic (exact) mass is 209 g/mol. The number of imidazole rings is 1. The summed E-state index contributed by atoms with van der Waals surface area (Å²) in [4.78, 5) is 4.38. The molecule has 0 saturated carbocycles. The molecule has 2 heterocycles. The second-order valence-electron chi connectivity index (χ2n) is 3.44. The Hall–Kier alpha value is -1.06. The van der Waals surface area contributed by atoms with Crippen LogP contribution in [0.4, 0.5) is 0 Å². The second-order valence-corrected chi connectivity index (χ2v) is 3.80. The molecule has 2 aromatic rings. The fraction of sp³-hybridized carbons (Fsp3) is 0.300. The molecule has 3 nitrogen and oxygen atoms in total. The summed E-state index contributed by atoms with van der Waals surface area (Å²) in [5, 5.41) is 0.619. The molecule has 0 radical (unpaired) electrons. The molecule has 0 aliphatic heterocycles. The molecular formula is C10H12ClN3. The number of rotatable bonds is 1. The largest absolute Gasteiger partial charge is 0.323 e. The maximum absolute atomic E-state index is 6.18. The average molecular weight is 210 g/mol. The topological polar surface area (TPSA) is 43.3 Å². The van der Waals surface area contributed by atoms with Crippen molar-refractivity contribution in [1.82, 2.24) is 9.38 Å². The molecule has 74 valence electrons. The summed E-state index contributed by atoms with van der Waals surface area (Å²) in [6.07, 6.45) is 0. The molecule has 0 saturated heterocycles. The first-order valence-corrected chi connectivity index (χ1v) is 4.88. The van der Waals surface area contributed by atoms with Crippen LogP contribution in [0.25, 0.3) is 5.65 Å². The fourth-order valence-electron chi connectivity index (χ4n) is 1.52. The number of nitrogens with zero attached hydrogens (tertiary/aromatic N) is 2. The summed E-state index contributed by atoms with van der Waals surface area (Å²) in [6.45, 7) is 3.87. The molecule has 0 bridgehead atoms. The first-order chi connectivity index (χ1) is 6.61. The van der Waals surface area contributed by atoms with Crippen molar-refractivity contribution in [3.63, 3.8) is 0 Å². The Balaban J connectivity index is 2.81. The third-order valence-electron chi connectivity index (χ3n) is 2.24. The van der Waals surface area contributed by atoms with E-state index in [0.717, 1.165) is 17.0 Å². The number of nitrogens with two attached hydrogens (primary N) is 1. The maximum atomic E-state index is 6.18. The summed E-state index contributed by atoms with van der Waals surface area (Å²) in [5.74, 6) is 0. The molecule has 1 atom stereocenters. The Bertz CT molecular complexity index is 473. The lowest BCUT2D eigenvalue weighted by molar-refractivity contribution is 0.790. The minimum atomic E-state index is -0.137. The van der Waals surface area contributed by atoms with Gasteiger partial charge in [-0.3, -0.25) is 4.40 Å². The first-order valence-electron chi connectivity index (χ1n) is 4.50. The van der Waals surface area contributed by atoms with Gasteiger partial charge in [-0.1, -0.05) is 17.7 Å². The molecule has 0 aromatic carbocycles. The lowest BCUT2D eigenvalue weighted by Crippen LogP contribution is -2.05. The van der Waals surface area contributed by atoms with E-state index in [9.17, 15) is 0 Å². The Morgan fingerprint density at radius 3 is 2.79 bits per heavy atom. The van der Waals surface area contributed by atoms with E-state index in [0.29, 0.717) is 5.15 Å². The molecule has 0 amide bonds. The molecular weight excluding hydrogens is 198 g/mol. The number of fused-ring (bicyclic) bond motifs is 1. The molecule has 0 spiro atoms.